The molecule has 0 bridgehead atoms. The largest absolute Gasteiger partial charge is 0.394 e. The fraction of sp³-hybridized carbons (Fsp3) is 0.105. The van der Waals surface area contributed by atoms with E-state index in [4.69, 9.17) is 16.3 Å². The molecular formula is C19H17ClN4O3. The maximum atomic E-state index is 12.2. The van der Waals surface area contributed by atoms with Gasteiger partial charge in [-0.2, -0.15) is 4.98 Å². The summed E-state index contributed by atoms with van der Waals surface area (Å²) in [7, 11) is 0. The molecule has 2 N–H and O–H groups in total. The number of carbonyl (C=O) groups excluding carboxylic acids is 2. The lowest BCUT2D eigenvalue weighted by molar-refractivity contribution is -0.121. The van der Waals surface area contributed by atoms with Crippen molar-refractivity contribution in [2.45, 2.75) is 13.5 Å². The van der Waals surface area contributed by atoms with E-state index in [0.29, 0.717) is 23.7 Å². The smallest absolute Gasteiger partial charge is 0.324 e. The highest BCUT2D eigenvalue weighted by Crippen LogP contribution is 2.21. The van der Waals surface area contributed by atoms with E-state index in [1.165, 1.54) is 0 Å². The van der Waals surface area contributed by atoms with Gasteiger partial charge in [0.2, 0.25) is 0 Å². The van der Waals surface area contributed by atoms with E-state index in [1.807, 2.05) is 37.3 Å². The molecule has 2 amide bonds. The van der Waals surface area contributed by atoms with Crippen LogP contribution in [0.1, 0.15) is 11.1 Å². The van der Waals surface area contributed by atoms with E-state index < -0.39 is 6.03 Å². The van der Waals surface area contributed by atoms with Crippen molar-refractivity contribution in [3.63, 3.8) is 0 Å². The van der Waals surface area contributed by atoms with Crippen LogP contribution in [-0.2, 0) is 11.3 Å². The summed E-state index contributed by atoms with van der Waals surface area (Å²) in [6.45, 7) is 2.58. The maximum absolute atomic E-state index is 12.2. The van der Waals surface area contributed by atoms with E-state index in [-0.39, 0.29) is 11.8 Å². The van der Waals surface area contributed by atoms with Gasteiger partial charge in [-0.25, -0.2) is 4.79 Å². The lowest BCUT2D eigenvalue weighted by atomic mass is 10.2. The highest BCUT2D eigenvalue weighted by atomic mass is 35.5. The monoisotopic (exact) mass is 384 g/mol. The van der Waals surface area contributed by atoms with Gasteiger partial charge in [0.25, 0.3) is 0 Å². The molecule has 27 heavy (non-hydrogen) atoms. The highest BCUT2D eigenvalue weighted by molar-refractivity contribution is 6.30. The molecule has 0 atom stereocenters. The molecule has 8 heteroatoms. The maximum Gasteiger partial charge on any atom is 0.324 e. The summed E-state index contributed by atoms with van der Waals surface area (Å²) in [6.07, 6.45) is 1.60. The van der Waals surface area contributed by atoms with Gasteiger partial charge < -0.3 is 10.1 Å². The first-order chi connectivity index (χ1) is 13.0. The van der Waals surface area contributed by atoms with Crippen molar-refractivity contribution < 1.29 is 14.3 Å². The minimum atomic E-state index is -0.470. The molecule has 1 heterocycles. The second-order valence-electron chi connectivity index (χ2n) is 5.77. The normalized spacial score (nSPS) is 10.3. The number of halogens is 1. The molecule has 3 rings (SSSR count). The number of urea groups is 1. The topological polar surface area (TPSA) is 85.3 Å². The Morgan fingerprint density at radius 2 is 2.00 bits per heavy atom. The molecule has 7 nitrogen and oxygen atoms in total. The molecule has 1 aromatic heterocycles. The summed E-state index contributed by atoms with van der Waals surface area (Å²) < 4.78 is 6.54. The summed E-state index contributed by atoms with van der Waals surface area (Å²) in [5.74, 6) is 0.256. The number of nitrogens with zero attached hydrogens (tertiary/aromatic N) is 2. The predicted octanol–water partition coefficient (Wildman–Crippen LogP) is 4.07. The van der Waals surface area contributed by atoms with Gasteiger partial charge >= 0.3 is 18.5 Å². The molecule has 0 saturated heterocycles. The van der Waals surface area contributed by atoms with Crippen LogP contribution >= 0.6 is 11.6 Å². The van der Waals surface area contributed by atoms with Crippen LogP contribution in [0.2, 0.25) is 5.02 Å². The third-order valence-corrected chi connectivity index (χ3v) is 4.00. The number of nitrogens with one attached hydrogen (secondary N) is 2. The van der Waals surface area contributed by atoms with Crippen molar-refractivity contribution in [2.75, 3.05) is 10.6 Å². The minimum absolute atomic E-state index is 0.0897. The molecule has 3 aromatic rings. The van der Waals surface area contributed by atoms with Gasteiger partial charge in [-0.05, 0) is 36.2 Å². The Morgan fingerprint density at radius 1 is 1.22 bits per heavy atom. The molecule has 0 aliphatic carbocycles. The van der Waals surface area contributed by atoms with Gasteiger partial charge in [-0.1, -0.05) is 41.9 Å². The SMILES string of the molecule is Cc1cc(Cl)ccc1NC(=O)Nc1cn(Cc2ccccc2)c(OC=O)n1. The third-order valence-electron chi connectivity index (χ3n) is 3.77. The van der Waals surface area contributed by atoms with Gasteiger partial charge in [-0.15, -0.1) is 0 Å². The number of amides is 2. The second kappa shape index (κ2) is 8.37. The van der Waals surface area contributed by atoms with Crippen LogP contribution in [0.25, 0.3) is 0 Å². The molecule has 2 aromatic carbocycles. The number of ether oxygens (including phenoxy) is 1. The fourth-order valence-electron chi connectivity index (χ4n) is 2.53. The van der Waals surface area contributed by atoms with E-state index in [2.05, 4.69) is 15.6 Å². The van der Waals surface area contributed by atoms with Crippen molar-refractivity contribution in [3.8, 4) is 6.01 Å². The van der Waals surface area contributed by atoms with Crippen LogP contribution in [0.5, 0.6) is 6.01 Å². The van der Waals surface area contributed by atoms with Gasteiger partial charge in [0.05, 0.1) is 12.7 Å². The Hall–Kier alpha value is -3.32. The highest BCUT2D eigenvalue weighted by Gasteiger charge is 2.13. The Morgan fingerprint density at radius 3 is 2.70 bits per heavy atom. The van der Waals surface area contributed by atoms with Crippen LogP contribution in [0.4, 0.5) is 16.3 Å². The average molecular weight is 385 g/mol. The van der Waals surface area contributed by atoms with Gasteiger partial charge in [0, 0.05) is 10.7 Å². The second-order valence-corrected chi connectivity index (χ2v) is 6.21. The summed E-state index contributed by atoms with van der Waals surface area (Å²) in [5, 5.41) is 5.95. The summed E-state index contributed by atoms with van der Waals surface area (Å²) in [4.78, 5) is 27.1. The predicted molar refractivity (Wildman–Crippen MR) is 103 cm³/mol. The number of benzene rings is 2. The molecule has 0 aliphatic heterocycles. The zero-order valence-electron chi connectivity index (χ0n) is 14.5. The molecular weight excluding hydrogens is 368 g/mol. The summed E-state index contributed by atoms with van der Waals surface area (Å²) in [6, 6.07) is 14.4. The number of carbonyl (C=O) groups is 2. The first-order valence-electron chi connectivity index (χ1n) is 8.10. The molecule has 0 spiro atoms. The quantitative estimate of drug-likeness (QED) is 0.627. The van der Waals surface area contributed by atoms with Gasteiger partial charge in [0.1, 0.15) is 0 Å². The summed E-state index contributed by atoms with van der Waals surface area (Å²) >= 11 is 5.92. The fourth-order valence-corrected chi connectivity index (χ4v) is 2.75. The molecule has 0 saturated carbocycles. The number of rotatable bonds is 6. The van der Waals surface area contributed by atoms with Crippen LogP contribution in [0.15, 0.2) is 54.7 Å². The van der Waals surface area contributed by atoms with Crippen LogP contribution < -0.4 is 15.4 Å². The lowest BCUT2D eigenvalue weighted by Crippen LogP contribution is -2.20. The average Bonchev–Trinajstić information content (AvgIpc) is 2.99. The third kappa shape index (κ3) is 4.86. The van der Waals surface area contributed by atoms with E-state index in [9.17, 15) is 9.59 Å². The van der Waals surface area contributed by atoms with Crippen molar-refractivity contribution in [1.82, 2.24) is 9.55 Å². The number of hydrogen-bond acceptors (Lipinski definition) is 4. The van der Waals surface area contributed by atoms with E-state index in [1.54, 1.807) is 29.0 Å². The molecule has 0 radical (unpaired) electrons. The van der Waals surface area contributed by atoms with Crippen LogP contribution in [-0.4, -0.2) is 22.1 Å². The Bertz CT molecular complexity index is 957. The Balaban J connectivity index is 1.73. The minimum Gasteiger partial charge on any atom is -0.394 e. The number of aromatic nitrogens is 2. The lowest BCUT2D eigenvalue weighted by Gasteiger charge is -2.08. The number of imidazole rings is 1. The number of aryl methyl sites for hydroxylation is 1. The van der Waals surface area contributed by atoms with Crippen molar-refractivity contribution in [3.05, 3.63) is 70.9 Å². The van der Waals surface area contributed by atoms with Gasteiger partial charge in [-0.3, -0.25) is 14.7 Å². The zero-order chi connectivity index (χ0) is 19.2. The standard InChI is InChI=1S/C19H17ClN4O3/c1-13-9-15(20)7-8-16(13)21-18(26)22-17-11-24(19(23-17)27-12-25)10-14-5-3-2-4-6-14/h2-9,11-12H,10H2,1H3,(H2,21,22,26). The molecule has 0 unspecified atom stereocenters. The first kappa shape index (κ1) is 18.5. The zero-order valence-corrected chi connectivity index (χ0v) is 15.2. The first-order valence-corrected chi connectivity index (χ1v) is 8.48. The number of anilines is 2. The van der Waals surface area contributed by atoms with Crippen molar-refractivity contribution >= 4 is 35.6 Å². The number of hydrogen-bond donors (Lipinski definition) is 2. The Labute approximate surface area is 160 Å². The summed E-state index contributed by atoms with van der Waals surface area (Å²) in [5.41, 5.74) is 2.46. The van der Waals surface area contributed by atoms with Crippen molar-refractivity contribution in [1.29, 1.82) is 0 Å². The van der Waals surface area contributed by atoms with E-state index in [0.717, 1.165) is 11.1 Å². The van der Waals surface area contributed by atoms with E-state index >= 15 is 0 Å². The van der Waals surface area contributed by atoms with Gasteiger partial charge in [0.15, 0.2) is 5.82 Å². The molecule has 0 fully saturated rings. The molecule has 0 aliphatic rings. The Kier molecular flexibility index (Phi) is 5.73. The molecule has 138 valence electrons. The van der Waals surface area contributed by atoms with Crippen LogP contribution in [0, 0.1) is 6.92 Å². The van der Waals surface area contributed by atoms with Crippen LogP contribution in [0.3, 0.4) is 0 Å². The van der Waals surface area contributed by atoms with Crippen molar-refractivity contribution in [2.24, 2.45) is 0 Å².